The number of nitrogens with two attached hydrogens (primary N) is 1. The summed E-state index contributed by atoms with van der Waals surface area (Å²) in [7, 11) is 0. The highest BCUT2D eigenvalue weighted by molar-refractivity contribution is 5.26. The van der Waals surface area contributed by atoms with Crippen molar-refractivity contribution in [1.29, 1.82) is 0 Å². The van der Waals surface area contributed by atoms with E-state index in [0.29, 0.717) is 17.9 Å². The fraction of sp³-hybridized carbons (Fsp3) is 0.500. The monoisotopic (exact) mass is 270 g/mol. The molecular weight excluding hydrogens is 248 g/mol. The standard InChI is InChI=1S/C16H22N4/c1-11(2)20-16(18-10-19-20)9-15(17)14-8-13(14)12-6-4-3-5-7-12/h3-7,10-11,13-15H,8-9,17H2,1-2H3. The molecule has 3 atom stereocenters. The van der Waals surface area contributed by atoms with Crippen LogP contribution in [0.5, 0.6) is 0 Å². The number of rotatable bonds is 5. The summed E-state index contributed by atoms with van der Waals surface area (Å²) in [6.07, 6.45) is 3.64. The lowest BCUT2D eigenvalue weighted by molar-refractivity contribution is 0.476. The molecular formula is C16H22N4. The van der Waals surface area contributed by atoms with Crippen LogP contribution in [0.2, 0.25) is 0 Å². The van der Waals surface area contributed by atoms with Crippen LogP contribution in [0.15, 0.2) is 36.7 Å². The number of benzene rings is 1. The molecule has 2 aromatic rings. The molecule has 3 rings (SSSR count). The van der Waals surface area contributed by atoms with Crippen LogP contribution in [0.4, 0.5) is 0 Å². The van der Waals surface area contributed by atoms with Crippen LogP contribution in [0.25, 0.3) is 0 Å². The Bertz CT molecular complexity index is 561. The minimum Gasteiger partial charge on any atom is -0.327 e. The molecule has 1 aromatic heterocycles. The van der Waals surface area contributed by atoms with E-state index in [1.807, 2.05) is 4.68 Å². The molecule has 0 spiro atoms. The third-order valence-electron chi connectivity index (χ3n) is 4.17. The summed E-state index contributed by atoms with van der Waals surface area (Å²) in [5.74, 6) is 2.21. The second-order valence-corrected chi connectivity index (χ2v) is 6.00. The summed E-state index contributed by atoms with van der Waals surface area (Å²) >= 11 is 0. The highest BCUT2D eigenvalue weighted by Gasteiger charge is 2.42. The summed E-state index contributed by atoms with van der Waals surface area (Å²) in [4.78, 5) is 4.36. The molecule has 20 heavy (non-hydrogen) atoms. The predicted octanol–water partition coefficient (Wildman–Crippen LogP) is 2.53. The van der Waals surface area contributed by atoms with Crippen LogP contribution in [0, 0.1) is 5.92 Å². The van der Waals surface area contributed by atoms with E-state index in [1.54, 1.807) is 6.33 Å². The van der Waals surface area contributed by atoms with Gasteiger partial charge in [-0.15, -0.1) is 0 Å². The quantitative estimate of drug-likeness (QED) is 0.908. The van der Waals surface area contributed by atoms with E-state index in [0.717, 1.165) is 12.2 Å². The van der Waals surface area contributed by atoms with Gasteiger partial charge in [0.15, 0.2) is 0 Å². The highest BCUT2D eigenvalue weighted by atomic mass is 15.3. The van der Waals surface area contributed by atoms with Gasteiger partial charge in [0.25, 0.3) is 0 Å². The molecule has 106 valence electrons. The molecule has 1 saturated carbocycles. The van der Waals surface area contributed by atoms with Gasteiger partial charge in [-0.1, -0.05) is 30.3 Å². The van der Waals surface area contributed by atoms with E-state index in [4.69, 9.17) is 5.73 Å². The summed E-state index contributed by atoms with van der Waals surface area (Å²) in [6, 6.07) is 11.2. The number of nitrogens with zero attached hydrogens (tertiary/aromatic N) is 3. The van der Waals surface area contributed by atoms with Crippen LogP contribution >= 0.6 is 0 Å². The first kappa shape index (κ1) is 13.3. The van der Waals surface area contributed by atoms with Crippen molar-refractivity contribution in [3.63, 3.8) is 0 Å². The van der Waals surface area contributed by atoms with Crippen molar-refractivity contribution in [3.05, 3.63) is 48.0 Å². The zero-order valence-corrected chi connectivity index (χ0v) is 12.1. The van der Waals surface area contributed by atoms with E-state index < -0.39 is 0 Å². The molecule has 4 nitrogen and oxygen atoms in total. The zero-order valence-electron chi connectivity index (χ0n) is 12.1. The lowest BCUT2D eigenvalue weighted by Gasteiger charge is -2.14. The van der Waals surface area contributed by atoms with Crippen molar-refractivity contribution in [1.82, 2.24) is 14.8 Å². The maximum atomic E-state index is 6.39. The van der Waals surface area contributed by atoms with E-state index in [-0.39, 0.29) is 6.04 Å². The molecule has 0 amide bonds. The van der Waals surface area contributed by atoms with E-state index in [9.17, 15) is 0 Å². The van der Waals surface area contributed by atoms with Gasteiger partial charge < -0.3 is 5.73 Å². The fourth-order valence-electron chi connectivity index (χ4n) is 2.99. The maximum absolute atomic E-state index is 6.39. The van der Waals surface area contributed by atoms with Gasteiger partial charge in [0.1, 0.15) is 12.2 Å². The number of hydrogen-bond donors (Lipinski definition) is 1. The van der Waals surface area contributed by atoms with Crippen LogP contribution in [0.1, 0.15) is 43.6 Å². The molecule has 1 fully saturated rings. The summed E-state index contributed by atoms with van der Waals surface area (Å²) < 4.78 is 1.97. The maximum Gasteiger partial charge on any atom is 0.138 e. The van der Waals surface area contributed by atoms with Gasteiger partial charge in [-0.05, 0) is 37.7 Å². The average molecular weight is 270 g/mol. The average Bonchev–Trinajstić information content (AvgIpc) is 3.12. The Labute approximate surface area is 120 Å². The summed E-state index contributed by atoms with van der Waals surface area (Å²) in [5, 5.41) is 4.28. The van der Waals surface area contributed by atoms with Gasteiger partial charge in [-0.3, -0.25) is 0 Å². The Hall–Kier alpha value is -1.68. The Kier molecular flexibility index (Phi) is 3.57. The minimum absolute atomic E-state index is 0.168. The Balaban J connectivity index is 1.64. The van der Waals surface area contributed by atoms with Gasteiger partial charge in [0.2, 0.25) is 0 Å². The second kappa shape index (κ2) is 5.37. The molecule has 2 N–H and O–H groups in total. The zero-order chi connectivity index (χ0) is 14.1. The van der Waals surface area contributed by atoms with Crippen molar-refractivity contribution < 1.29 is 0 Å². The molecule has 1 aliphatic carbocycles. The van der Waals surface area contributed by atoms with E-state index in [1.165, 1.54) is 12.0 Å². The first-order valence-electron chi connectivity index (χ1n) is 7.35. The van der Waals surface area contributed by atoms with Gasteiger partial charge in [0.05, 0.1) is 0 Å². The molecule has 1 aromatic carbocycles. The van der Waals surface area contributed by atoms with Crippen molar-refractivity contribution in [2.75, 3.05) is 0 Å². The number of aromatic nitrogens is 3. The van der Waals surface area contributed by atoms with Crippen molar-refractivity contribution in [2.24, 2.45) is 11.7 Å². The molecule has 0 saturated heterocycles. The lowest BCUT2D eigenvalue weighted by atomic mass is 10.0. The van der Waals surface area contributed by atoms with Crippen LogP contribution in [0.3, 0.4) is 0 Å². The van der Waals surface area contributed by atoms with Gasteiger partial charge in [-0.25, -0.2) is 9.67 Å². The smallest absolute Gasteiger partial charge is 0.138 e. The fourth-order valence-corrected chi connectivity index (χ4v) is 2.99. The Morgan fingerprint density at radius 1 is 1.30 bits per heavy atom. The van der Waals surface area contributed by atoms with Crippen LogP contribution in [-0.4, -0.2) is 20.8 Å². The third kappa shape index (κ3) is 2.61. The van der Waals surface area contributed by atoms with Crippen molar-refractivity contribution >= 4 is 0 Å². The molecule has 3 unspecified atom stereocenters. The van der Waals surface area contributed by atoms with Crippen LogP contribution < -0.4 is 5.73 Å². The molecule has 4 heteroatoms. The SMILES string of the molecule is CC(C)n1ncnc1CC(N)C1CC1c1ccccc1. The normalized spacial score (nSPS) is 23.0. The van der Waals surface area contributed by atoms with E-state index in [2.05, 4.69) is 54.3 Å². The third-order valence-corrected chi connectivity index (χ3v) is 4.17. The predicted molar refractivity (Wildman–Crippen MR) is 79.4 cm³/mol. The van der Waals surface area contributed by atoms with E-state index >= 15 is 0 Å². The largest absolute Gasteiger partial charge is 0.327 e. The van der Waals surface area contributed by atoms with Gasteiger partial charge in [-0.2, -0.15) is 5.10 Å². The van der Waals surface area contributed by atoms with Crippen molar-refractivity contribution in [3.8, 4) is 0 Å². The minimum atomic E-state index is 0.168. The lowest BCUT2D eigenvalue weighted by Crippen LogP contribution is -2.28. The molecule has 1 heterocycles. The van der Waals surface area contributed by atoms with Crippen LogP contribution in [-0.2, 0) is 6.42 Å². The molecule has 0 aliphatic heterocycles. The first-order valence-corrected chi connectivity index (χ1v) is 7.35. The second-order valence-electron chi connectivity index (χ2n) is 6.00. The highest BCUT2D eigenvalue weighted by Crippen LogP contribution is 2.49. The Morgan fingerprint density at radius 2 is 2.05 bits per heavy atom. The summed E-state index contributed by atoms with van der Waals surface area (Å²) in [5.41, 5.74) is 7.80. The molecule has 0 bridgehead atoms. The Morgan fingerprint density at radius 3 is 2.75 bits per heavy atom. The van der Waals surface area contributed by atoms with Gasteiger partial charge in [0, 0.05) is 18.5 Å². The number of hydrogen-bond acceptors (Lipinski definition) is 3. The first-order chi connectivity index (χ1) is 9.66. The molecule has 1 aliphatic rings. The topological polar surface area (TPSA) is 56.7 Å². The molecule has 0 radical (unpaired) electrons. The summed E-state index contributed by atoms with van der Waals surface area (Å²) in [6.45, 7) is 4.24. The van der Waals surface area contributed by atoms with Crippen molar-refractivity contribution in [2.45, 2.75) is 44.7 Å². The van der Waals surface area contributed by atoms with Gasteiger partial charge >= 0.3 is 0 Å².